The van der Waals surface area contributed by atoms with Crippen LogP contribution in [0.1, 0.15) is 38.4 Å². The van der Waals surface area contributed by atoms with E-state index in [1.807, 2.05) is 19.2 Å². The summed E-state index contributed by atoms with van der Waals surface area (Å²) in [5.41, 5.74) is 2.73. The first-order chi connectivity index (χ1) is 15.3. The van der Waals surface area contributed by atoms with Crippen molar-refractivity contribution in [3.8, 4) is 11.1 Å². The fourth-order valence-electron chi connectivity index (χ4n) is 4.42. The predicted molar refractivity (Wildman–Crippen MR) is 118 cm³/mol. The zero-order valence-corrected chi connectivity index (χ0v) is 17.9. The monoisotopic (exact) mass is 441 g/mol. The molecule has 0 spiro atoms. The van der Waals surface area contributed by atoms with Crippen molar-refractivity contribution in [2.75, 3.05) is 5.32 Å². The molecule has 0 aromatic carbocycles. The molecule has 3 N–H and O–H groups in total. The van der Waals surface area contributed by atoms with Crippen LogP contribution in [0.4, 0.5) is 14.7 Å². The Hall–Kier alpha value is -3.14. The Morgan fingerprint density at radius 2 is 2.03 bits per heavy atom. The standard InChI is InChI=1S/C22H25F2N7O/c1-12-28-20-17(31(12)11-18(23)24)7-13(8-25-20)15-9-26-19-16(15)10-27-21(30-19)29-14-3-5-22(2,32)6-4-14/h7-10,14,18,32H,3-6,11H2,1-2H3,(H2,26,27,29,30). The Balaban J connectivity index is 1.43. The average Bonchev–Trinajstić information content (AvgIpc) is 3.29. The third-order valence-electron chi connectivity index (χ3n) is 6.26. The van der Waals surface area contributed by atoms with Gasteiger partial charge < -0.3 is 20.0 Å². The lowest BCUT2D eigenvalue weighted by atomic mass is 9.84. The largest absolute Gasteiger partial charge is 0.390 e. The summed E-state index contributed by atoms with van der Waals surface area (Å²) < 4.78 is 27.5. The SMILES string of the molecule is Cc1nc2ncc(-c3c[nH]c4nc(NC5CCC(C)(O)CC5)ncc34)cc2n1CC(F)F. The number of alkyl halides is 2. The number of aromatic nitrogens is 6. The van der Waals surface area contributed by atoms with Crippen molar-refractivity contribution in [1.82, 2.24) is 29.5 Å². The third kappa shape index (κ3) is 3.90. The van der Waals surface area contributed by atoms with Crippen LogP contribution in [0.3, 0.4) is 0 Å². The van der Waals surface area contributed by atoms with Crippen molar-refractivity contribution in [2.24, 2.45) is 0 Å². The number of aromatic amines is 1. The van der Waals surface area contributed by atoms with Crippen LogP contribution in [0.2, 0.25) is 0 Å². The van der Waals surface area contributed by atoms with Gasteiger partial charge in [0.1, 0.15) is 11.5 Å². The van der Waals surface area contributed by atoms with Crippen molar-refractivity contribution in [3.05, 3.63) is 30.5 Å². The van der Waals surface area contributed by atoms with Gasteiger partial charge in [-0.15, -0.1) is 0 Å². The highest BCUT2D eigenvalue weighted by atomic mass is 19.3. The summed E-state index contributed by atoms with van der Waals surface area (Å²) in [6, 6.07) is 2.06. The molecule has 32 heavy (non-hydrogen) atoms. The molecule has 8 nitrogen and oxygen atoms in total. The first-order valence-electron chi connectivity index (χ1n) is 10.7. The van der Waals surface area contributed by atoms with E-state index in [-0.39, 0.29) is 6.04 Å². The molecule has 1 fully saturated rings. The van der Waals surface area contributed by atoms with Gasteiger partial charge in [-0.05, 0) is 45.6 Å². The number of rotatable bonds is 5. The van der Waals surface area contributed by atoms with E-state index >= 15 is 0 Å². The minimum absolute atomic E-state index is 0.229. The average molecular weight is 441 g/mol. The van der Waals surface area contributed by atoms with E-state index in [0.29, 0.717) is 28.6 Å². The maximum Gasteiger partial charge on any atom is 0.256 e. The molecule has 0 saturated heterocycles. The molecular weight excluding hydrogens is 416 g/mol. The topological polar surface area (TPSA) is 105 Å². The number of aryl methyl sites for hydroxylation is 1. The van der Waals surface area contributed by atoms with E-state index in [2.05, 4.69) is 30.2 Å². The summed E-state index contributed by atoms with van der Waals surface area (Å²) in [6.07, 6.45) is 6.00. The number of H-pyrrole nitrogens is 1. The predicted octanol–water partition coefficient (Wildman–Crippen LogP) is 4.05. The second-order valence-corrected chi connectivity index (χ2v) is 8.80. The van der Waals surface area contributed by atoms with Gasteiger partial charge in [-0.1, -0.05) is 0 Å². The number of pyridine rings is 1. The first kappa shape index (κ1) is 20.7. The molecule has 1 aliphatic rings. The van der Waals surface area contributed by atoms with Crippen molar-refractivity contribution in [2.45, 2.75) is 64.1 Å². The molecule has 10 heteroatoms. The maximum absolute atomic E-state index is 13.0. The fourth-order valence-corrected chi connectivity index (χ4v) is 4.42. The van der Waals surface area contributed by atoms with E-state index in [4.69, 9.17) is 0 Å². The summed E-state index contributed by atoms with van der Waals surface area (Å²) >= 11 is 0. The summed E-state index contributed by atoms with van der Waals surface area (Å²) in [5, 5.41) is 14.3. The van der Waals surface area contributed by atoms with Crippen LogP contribution in [-0.4, -0.2) is 52.7 Å². The Labute approximate surface area is 183 Å². The molecule has 0 bridgehead atoms. The normalized spacial score (nSPS) is 21.6. The Bertz CT molecular complexity index is 1270. The van der Waals surface area contributed by atoms with Crippen LogP contribution < -0.4 is 5.32 Å². The first-order valence-corrected chi connectivity index (χ1v) is 10.7. The molecule has 4 aromatic rings. The number of imidazole rings is 1. The third-order valence-corrected chi connectivity index (χ3v) is 6.26. The van der Waals surface area contributed by atoms with Crippen LogP contribution in [-0.2, 0) is 6.54 Å². The summed E-state index contributed by atoms with van der Waals surface area (Å²) in [7, 11) is 0. The van der Waals surface area contributed by atoms with E-state index in [1.54, 1.807) is 19.3 Å². The minimum Gasteiger partial charge on any atom is -0.390 e. The second kappa shape index (κ2) is 7.77. The molecule has 4 heterocycles. The number of anilines is 1. The summed E-state index contributed by atoms with van der Waals surface area (Å²) in [6.45, 7) is 3.15. The molecule has 0 unspecified atom stereocenters. The van der Waals surface area contributed by atoms with Gasteiger partial charge in [0.25, 0.3) is 6.43 Å². The van der Waals surface area contributed by atoms with Crippen molar-refractivity contribution >= 4 is 28.1 Å². The van der Waals surface area contributed by atoms with Crippen LogP contribution in [0.25, 0.3) is 33.3 Å². The van der Waals surface area contributed by atoms with E-state index in [0.717, 1.165) is 42.2 Å². The number of aliphatic hydroxyl groups is 1. The highest BCUT2D eigenvalue weighted by Crippen LogP contribution is 2.31. The number of halogens is 2. The zero-order valence-electron chi connectivity index (χ0n) is 17.9. The van der Waals surface area contributed by atoms with E-state index in [1.165, 1.54) is 4.57 Å². The summed E-state index contributed by atoms with van der Waals surface area (Å²) in [4.78, 5) is 20.9. The lowest BCUT2D eigenvalue weighted by molar-refractivity contribution is 0.0195. The van der Waals surface area contributed by atoms with E-state index in [9.17, 15) is 13.9 Å². The Morgan fingerprint density at radius 3 is 2.78 bits per heavy atom. The minimum atomic E-state index is -2.47. The lowest BCUT2D eigenvalue weighted by Crippen LogP contribution is -2.36. The molecular formula is C22H25F2N7O. The van der Waals surface area contributed by atoms with Crippen LogP contribution in [0, 0.1) is 6.92 Å². The van der Waals surface area contributed by atoms with Crippen molar-refractivity contribution in [1.29, 1.82) is 0 Å². The molecule has 168 valence electrons. The zero-order chi connectivity index (χ0) is 22.5. The number of fused-ring (bicyclic) bond motifs is 2. The highest BCUT2D eigenvalue weighted by molar-refractivity contribution is 5.95. The van der Waals surface area contributed by atoms with Gasteiger partial charge in [0, 0.05) is 41.1 Å². The molecule has 0 amide bonds. The van der Waals surface area contributed by atoms with Gasteiger partial charge in [-0.2, -0.15) is 4.98 Å². The molecule has 0 aliphatic heterocycles. The summed E-state index contributed by atoms with van der Waals surface area (Å²) in [5.74, 6) is 1.05. The van der Waals surface area contributed by atoms with Gasteiger partial charge in [-0.3, -0.25) is 0 Å². The van der Waals surface area contributed by atoms with Gasteiger partial charge in [0.15, 0.2) is 5.65 Å². The second-order valence-electron chi connectivity index (χ2n) is 8.80. The molecule has 0 radical (unpaired) electrons. The molecule has 1 saturated carbocycles. The van der Waals surface area contributed by atoms with Crippen LogP contribution in [0.5, 0.6) is 0 Å². The molecule has 4 aromatic heterocycles. The lowest BCUT2D eigenvalue weighted by Gasteiger charge is -2.33. The molecule has 1 aliphatic carbocycles. The quantitative estimate of drug-likeness (QED) is 0.432. The Morgan fingerprint density at radius 1 is 1.25 bits per heavy atom. The van der Waals surface area contributed by atoms with Crippen LogP contribution >= 0.6 is 0 Å². The number of hydrogen-bond donors (Lipinski definition) is 3. The number of hydrogen-bond acceptors (Lipinski definition) is 6. The Kier molecular flexibility index (Phi) is 5.04. The van der Waals surface area contributed by atoms with Gasteiger partial charge in [0.05, 0.1) is 17.7 Å². The molecule has 5 rings (SSSR count). The van der Waals surface area contributed by atoms with Crippen molar-refractivity contribution in [3.63, 3.8) is 0 Å². The van der Waals surface area contributed by atoms with Crippen LogP contribution in [0.15, 0.2) is 24.7 Å². The smallest absolute Gasteiger partial charge is 0.256 e. The number of nitrogens with zero attached hydrogens (tertiary/aromatic N) is 5. The van der Waals surface area contributed by atoms with Gasteiger partial charge >= 0.3 is 0 Å². The fraction of sp³-hybridized carbons (Fsp3) is 0.455. The molecule has 0 atom stereocenters. The van der Waals surface area contributed by atoms with Gasteiger partial charge in [-0.25, -0.2) is 23.7 Å². The number of nitrogens with one attached hydrogen (secondary N) is 2. The highest BCUT2D eigenvalue weighted by Gasteiger charge is 2.29. The van der Waals surface area contributed by atoms with Gasteiger partial charge in [0.2, 0.25) is 5.95 Å². The van der Waals surface area contributed by atoms with Crippen molar-refractivity contribution < 1.29 is 13.9 Å². The van der Waals surface area contributed by atoms with E-state index < -0.39 is 18.6 Å². The maximum atomic E-state index is 13.0.